The Morgan fingerprint density at radius 2 is 1.83 bits per heavy atom. The Labute approximate surface area is 134 Å². The molecule has 0 saturated heterocycles. The van der Waals surface area contributed by atoms with E-state index >= 15 is 0 Å². The summed E-state index contributed by atoms with van der Waals surface area (Å²) in [6, 6.07) is 14.9. The molecule has 1 aromatic heterocycles. The van der Waals surface area contributed by atoms with Crippen molar-refractivity contribution in [2.24, 2.45) is 5.73 Å². The van der Waals surface area contributed by atoms with Crippen LogP contribution in [0.4, 0.5) is 0 Å². The quantitative estimate of drug-likeness (QED) is 0.779. The number of carbonyl (C=O) groups excluding carboxylic acids is 1. The number of primary amides is 1. The molecule has 116 valence electrons. The molecule has 3 aromatic rings. The van der Waals surface area contributed by atoms with Gasteiger partial charge < -0.3 is 10.8 Å². The SMILES string of the molecule is Cc1cc(-c2ccc(C(N)=O)cc2)nc2cc(C(C)O)ccc12. The van der Waals surface area contributed by atoms with Crippen LogP contribution in [0.3, 0.4) is 0 Å². The van der Waals surface area contributed by atoms with E-state index in [2.05, 4.69) is 0 Å². The molecule has 3 N–H and O–H groups in total. The Kier molecular flexibility index (Phi) is 3.84. The molecule has 2 aromatic carbocycles. The summed E-state index contributed by atoms with van der Waals surface area (Å²) in [4.78, 5) is 15.9. The third kappa shape index (κ3) is 2.94. The number of pyridine rings is 1. The van der Waals surface area contributed by atoms with E-state index < -0.39 is 12.0 Å². The highest BCUT2D eigenvalue weighted by Crippen LogP contribution is 2.26. The summed E-state index contributed by atoms with van der Waals surface area (Å²) in [7, 11) is 0. The molecule has 0 aliphatic heterocycles. The van der Waals surface area contributed by atoms with Crippen LogP contribution in [-0.2, 0) is 0 Å². The van der Waals surface area contributed by atoms with E-state index in [4.69, 9.17) is 10.7 Å². The molecule has 4 heteroatoms. The second-order valence-corrected chi connectivity index (χ2v) is 5.72. The summed E-state index contributed by atoms with van der Waals surface area (Å²) in [6.45, 7) is 3.77. The monoisotopic (exact) mass is 306 g/mol. The molecule has 23 heavy (non-hydrogen) atoms. The number of aryl methyl sites for hydroxylation is 1. The second-order valence-electron chi connectivity index (χ2n) is 5.72. The molecule has 0 aliphatic carbocycles. The van der Waals surface area contributed by atoms with Crippen molar-refractivity contribution in [2.45, 2.75) is 20.0 Å². The Morgan fingerprint density at radius 3 is 2.43 bits per heavy atom. The number of rotatable bonds is 3. The summed E-state index contributed by atoms with van der Waals surface area (Å²) >= 11 is 0. The molecular formula is C19H18N2O2. The number of aliphatic hydroxyl groups is 1. The average Bonchev–Trinajstić information content (AvgIpc) is 2.54. The largest absolute Gasteiger partial charge is 0.389 e. The summed E-state index contributed by atoms with van der Waals surface area (Å²) in [5, 5.41) is 10.8. The van der Waals surface area contributed by atoms with Crippen LogP contribution in [0.1, 0.15) is 34.5 Å². The van der Waals surface area contributed by atoms with Crippen LogP contribution in [0.2, 0.25) is 0 Å². The molecule has 0 bridgehead atoms. The lowest BCUT2D eigenvalue weighted by atomic mass is 10.0. The van der Waals surface area contributed by atoms with Gasteiger partial charge in [0.2, 0.25) is 5.91 Å². The maximum absolute atomic E-state index is 11.2. The van der Waals surface area contributed by atoms with Gasteiger partial charge in [-0.25, -0.2) is 4.98 Å². The number of aromatic nitrogens is 1. The lowest BCUT2D eigenvalue weighted by Crippen LogP contribution is -2.10. The summed E-state index contributed by atoms with van der Waals surface area (Å²) in [5.74, 6) is -0.444. The second kappa shape index (κ2) is 5.82. The van der Waals surface area contributed by atoms with Crippen LogP contribution < -0.4 is 5.73 Å². The van der Waals surface area contributed by atoms with E-state index in [1.165, 1.54) is 0 Å². The van der Waals surface area contributed by atoms with Gasteiger partial charge in [0.15, 0.2) is 0 Å². The molecule has 1 unspecified atom stereocenters. The Hall–Kier alpha value is -2.72. The zero-order valence-corrected chi connectivity index (χ0v) is 13.1. The lowest BCUT2D eigenvalue weighted by Gasteiger charge is -2.10. The first-order valence-corrected chi connectivity index (χ1v) is 7.45. The first-order valence-electron chi connectivity index (χ1n) is 7.45. The fourth-order valence-corrected chi connectivity index (χ4v) is 2.63. The standard InChI is InChI=1S/C19H18N2O2/c1-11-9-17(13-3-5-14(6-4-13)19(20)23)21-18-10-15(12(2)22)7-8-16(11)18/h3-10,12,22H,1-2H3,(H2,20,23). The first-order chi connectivity index (χ1) is 11.0. The molecule has 0 saturated carbocycles. The van der Waals surface area contributed by atoms with Gasteiger partial charge in [-0.3, -0.25) is 4.79 Å². The van der Waals surface area contributed by atoms with Gasteiger partial charge in [0, 0.05) is 16.5 Å². The number of benzene rings is 2. The highest BCUT2D eigenvalue weighted by atomic mass is 16.3. The van der Waals surface area contributed by atoms with E-state index in [1.807, 2.05) is 43.3 Å². The minimum Gasteiger partial charge on any atom is -0.389 e. The summed E-state index contributed by atoms with van der Waals surface area (Å²) in [5.41, 5.74) is 10.3. The number of aliphatic hydroxyl groups excluding tert-OH is 1. The third-order valence-corrected chi connectivity index (χ3v) is 3.99. The van der Waals surface area contributed by atoms with Gasteiger partial charge in [0.1, 0.15) is 0 Å². The zero-order valence-electron chi connectivity index (χ0n) is 13.1. The molecule has 0 fully saturated rings. The smallest absolute Gasteiger partial charge is 0.248 e. The van der Waals surface area contributed by atoms with Crippen LogP contribution in [0, 0.1) is 6.92 Å². The van der Waals surface area contributed by atoms with Crippen LogP contribution >= 0.6 is 0 Å². The van der Waals surface area contributed by atoms with Crippen LogP contribution in [-0.4, -0.2) is 16.0 Å². The van der Waals surface area contributed by atoms with Crippen molar-refractivity contribution in [3.63, 3.8) is 0 Å². The van der Waals surface area contributed by atoms with Crippen molar-refractivity contribution in [3.8, 4) is 11.3 Å². The maximum Gasteiger partial charge on any atom is 0.248 e. The predicted octanol–water partition coefficient (Wildman–Crippen LogP) is 3.36. The molecule has 0 spiro atoms. The van der Waals surface area contributed by atoms with E-state index in [1.54, 1.807) is 19.1 Å². The van der Waals surface area contributed by atoms with Crippen molar-refractivity contribution in [2.75, 3.05) is 0 Å². The number of hydrogen-bond donors (Lipinski definition) is 2. The van der Waals surface area contributed by atoms with Crippen molar-refractivity contribution in [1.82, 2.24) is 4.98 Å². The van der Waals surface area contributed by atoms with Gasteiger partial charge >= 0.3 is 0 Å². The molecular weight excluding hydrogens is 288 g/mol. The van der Waals surface area contributed by atoms with E-state index in [9.17, 15) is 9.90 Å². The minimum absolute atomic E-state index is 0.444. The van der Waals surface area contributed by atoms with Gasteiger partial charge in [0.25, 0.3) is 0 Å². The van der Waals surface area contributed by atoms with Gasteiger partial charge in [-0.15, -0.1) is 0 Å². The molecule has 1 atom stereocenters. The molecule has 0 radical (unpaired) electrons. The average molecular weight is 306 g/mol. The Balaban J connectivity index is 2.12. The predicted molar refractivity (Wildman–Crippen MR) is 91.1 cm³/mol. The van der Waals surface area contributed by atoms with Crippen molar-refractivity contribution < 1.29 is 9.90 Å². The van der Waals surface area contributed by atoms with Gasteiger partial charge in [-0.1, -0.05) is 24.3 Å². The van der Waals surface area contributed by atoms with Crippen LogP contribution in [0.5, 0.6) is 0 Å². The van der Waals surface area contributed by atoms with Crippen molar-refractivity contribution >= 4 is 16.8 Å². The zero-order chi connectivity index (χ0) is 16.6. The molecule has 1 amide bonds. The number of nitrogens with zero attached hydrogens (tertiary/aromatic N) is 1. The van der Waals surface area contributed by atoms with Crippen molar-refractivity contribution in [3.05, 3.63) is 65.2 Å². The number of fused-ring (bicyclic) bond motifs is 1. The molecule has 0 aliphatic rings. The van der Waals surface area contributed by atoms with E-state index in [0.717, 1.165) is 33.3 Å². The lowest BCUT2D eigenvalue weighted by molar-refractivity contribution is 0.100. The van der Waals surface area contributed by atoms with Gasteiger partial charge in [-0.2, -0.15) is 0 Å². The molecule has 3 rings (SSSR count). The number of carbonyl (C=O) groups is 1. The van der Waals surface area contributed by atoms with Crippen molar-refractivity contribution in [1.29, 1.82) is 0 Å². The molecule has 1 heterocycles. The fraction of sp³-hybridized carbons (Fsp3) is 0.158. The summed E-state index contributed by atoms with van der Waals surface area (Å²) < 4.78 is 0. The Morgan fingerprint density at radius 1 is 1.13 bits per heavy atom. The van der Waals surface area contributed by atoms with Crippen LogP contribution in [0.15, 0.2) is 48.5 Å². The summed E-state index contributed by atoms with van der Waals surface area (Å²) in [6.07, 6.45) is -0.528. The van der Waals surface area contributed by atoms with E-state index in [0.29, 0.717) is 5.56 Å². The number of hydrogen-bond acceptors (Lipinski definition) is 3. The highest BCUT2D eigenvalue weighted by molar-refractivity contribution is 5.93. The highest BCUT2D eigenvalue weighted by Gasteiger charge is 2.09. The third-order valence-electron chi connectivity index (χ3n) is 3.99. The number of amides is 1. The van der Waals surface area contributed by atoms with Gasteiger partial charge in [-0.05, 0) is 49.2 Å². The minimum atomic E-state index is -0.528. The fourth-order valence-electron chi connectivity index (χ4n) is 2.63. The first kappa shape index (κ1) is 15.2. The normalized spacial score (nSPS) is 12.3. The van der Waals surface area contributed by atoms with E-state index in [-0.39, 0.29) is 0 Å². The maximum atomic E-state index is 11.2. The Bertz CT molecular complexity index is 884. The number of nitrogens with two attached hydrogens (primary N) is 1. The van der Waals surface area contributed by atoms with Gasteiger partial charge in [0.05, 0.1) is 17.3 Å². The molecule has 4 nitrogen and oxygen atoms in total. The topological polar surface area (TPSA) is 76.2 Å². The van der Waals surface area contributed by atoms with Crippen LogP contribution in [0.25, 0.3) is 22.2 Å².